The Kier molecular flexibility index (Phi) is 7.28. The van der Waals surface area contributed by atoms with Crippen LogP contribution in [0, 0.1) is 12.8 Å². The molecule has 33 heavy (non-hydrogen) atoms. The molecule has 2 N–H and O–H groups in total. The third kappa shape index (κ3) is 5.53. The zero-order valence-electron chi connectivity index (χ0n) is 18.3. The minimum atomic E-state index is -0.824. The van der Waals surface area contributed by atoms with Crippen molar-refractivity contribution in [1.82, 2.24) is 4.98 Å². The summed E-state index contributed by atoms with van der Waals surface area (Å²) in [5.41, 5.74) is 3.23. The molecule has 0 saturated carbocycles. The number of rotatable bonds is 7. The number of phenolic OH excluding ortho intramolecular Hbond substituents is 1. The summed E-state index contributed by atoms with van der Waals surface area (Å²) in [4.78, 5) is 15.2. The summed E-state index contributed by atoms with van der Waals surface area (Å²) in [6.07, 6.45) is 3.81. The minimum absolute atomic E-state index is 0.0648. The maximum Gasteiger partial charge on any atom is 0.303 e. The van der Waals surface area contributed by atoms with Gasteiger partial charge in [-0.2, -0.15) is 0 Å². The van der Waals surface area contributed by atoms with E-state index in [1.165, 1.54) is 0 Å². The van der Waals surface area contributed by atoms with Gasteiger partial charge in [-0.1, -0.05) is 53.6 Å². The summed E-state index contributed by atoms with van der Waals surface area (Å²) in [6, 6.07) is 15.0. The molecule has 1 saturated heterocycles. The molecule has 0 spiro atoms. The molecule has 172 valence electrons. The van der Waals surface area contributed by atoms with Crippen molar-refractivity contribution < 1.29 is 24.5 Å². The van der Waals surface area contributed by atoms with E-state index < -0.39 is 18.4 Å². The number of carboxylic acids is 1. The molecule has 0 radical (unpaired) electrons. The van der Waals surface area contributed by atoms with Gasteiger partial charge in [0.05, 0.1) is 18.2 Å². The number of carbonyl (C=O) groups is 1. The molecule has 3 unspecified atom stereocenters. The van der Waals surface area contributed by atoms with Crippen LogP contribution in [0.4, 0.5) is 0 Å². The molecule has 0 aliphatic carbocycles. The molecule has 7 heteroatoms. The van der Waals surface area contributed by atoms with Crippen LogP contribution in [-0.4, -0.2) is 27.8 Å². The van der Waals surface area contributed by atoms with E-state index in [0.29, 0.717) is 35.7 Å². The van der Waals surface area contributed by atoms with E-state index in [2.05, 4.69) is 4.98 Å². The highest BCUT2D eigenvalue weighted by Gasteiger charge is 2.35. The number of pyridine rings is 1. The van der Waals surface area contributed by atoms with E-state index in [0.717, 1.165) is 16.5 Å². The number of fused-ring (bicyclic) bond motifs is 1. The number of hydrogen-bond donors (Lipinski definition) is 2. The number of aliphatic carboxylic acids is 1. The Morgan fingerprint density at radius 3 is 2.79 bits per heavy atom. The second-order valence-electron chi connectivity index (χ2n) is 8.24. The number of allylic oxidation sites excluding steroid dienone is 2. The highest BCUT2D eigenvalue weighted by molar-refractivity contribution is 6.30. The average molecular weight is 468 g/mol. The molecule has 3 atom stereocenters. The molecule has 1 aromatic heterocycles. The maximum atomic E-state index is 10.7. The van der Waals surface area contributed by atoms with Crippen LogP contribution >= 0.6 is 11.6 Å². The first-order valence-corrected chi connectivity index (χ1v) is 11.3. The van der Waals surface area contributed by atoms with Crippen molar-refractivity contribution >= 4 is 28.5 Å². The third-order valence-electron chi connectivity index (χ3n) is 5.74. The SMILES string of the molecule is Cc1ccc2nc(Cl)c(C3OCC(C/C=C\CCC(=O)O)C(c4ccccc4O)O3)cc2c1. The molecule has 0 amide bonds. The van der Waals surface area contributed by atoms with Gasteiger partial charge in [-0.05, 0) is 44.0 Å². The molecule has 0 bridgehead atoms. The summed E-state index contributed by atoms with van der Waals surface area (Å²) in [6.45, 7) is 2.40. The van der Waals surface area contributed by atoms with Gasteiger partial charge in [-0.25, -0.2) is 4.98 Å². The monoisotopic (exact) mass is 467 g/mol. The topological polar surface area (TPSA) is 88.9 Å². The van der Waals surface area contributed by atoms with Crippen LogP contribution in [0.15, 0.2) is 60.7 Å². The summed E-state index contributed by atoms with van der Waals surface area (Å²) in [5.74, 6) is -0.735. The molecule has 2 aromatic carbocycles. The number of ether oxygens (including phenoxy) is 2. The van der Waals surface area contributed by atoms with Crippen molar-refractivity contribution in [2.24, 2.45) is 5.92 Å². The standard InChI is InChI=1S/C26H26ClNO5/c1-16-11-12-21-18(13-16)14-20(25(27)28-21)26-32-15-17(7-3-2-4-10-23(30)31)24(33-26)19-8-5-6-9-22(19)29/h2-3,5-6,8-9,11-14,17,24,26,29H,4,7,10,15H2,1H3,(H,30,31)/b3-2-. The highest BCUT2D eigenvalue weighted by Crippen LogP contribution is 2.44. The van der Waals surface area contributed by atoms with Crippen LogP contribution in [0.25, 0.3) is 10.9 Å². The fraction of sp³-hybridized carbons (Fsp3) is 0.308. The summed E-state index contributed by atoms with van der Waals surface area (Å²) < 4.78 is 12.4. The summed E-state index contributed by atoms with van der Waals surface area (Å²) in [5, 5.41) is 20.6. The lowest BCUT2D eigenvalue weighted by Crippen LogP contribution is -2.30. The number of benzene rings is 2. The van der Waals surface area contributed by atoms with E-state index in [-0.39, 0.29) is 18.1 Å². The number of para-hydroxylation sites is 1. The molecular formula is C26H26ClNO5. The number of hydrogen-bond acceptors (Lipinski definition) is 5. The Balaban J connectivity index is 1.60. The first kappa shape index (κ1) is 23.2. The van der Waals surface area contributed by atoms with Crippen molar-refractivity contribution in [2.45, 2.75) is 38.6 Å². The number of nitrogens with zero attached hydrogens (tertiary/aromatic N) is 1. The molecule has 1 fully saturated rings. The molecule has 2 heterocycles. The fourth-order valence-electron chi connectivity index (χ4n) is 4.04. The van der Waals surface area contributed by atoms with Gasteiger partial charge in [0.15, 0.2) is 6.29 Å². The van der Waals surface area contributed by atoms with Gasteiger partial charge in [-0.15, -0.1) is 0 Å². The van der Waals surface area contributed by atoms with Crippen LogP contribution < -0.4 is 0 Å². The van der Waals surface area contributed by atoms with E-state index in [4.69, 9.17) is 26.2 Å². The van der Waals surface area contributed by atoms with Crippen molar-refractivity contribution in [3.05, 3.63) is 82.5 Å². The van der Waals surface area contributed by atoms with E-state index in [9.17, 15) is 9.90 Å². The van der Waals surface area contributed by atoms with Gasteiger partial charge in [0, 0.05) is 28.9 Å². The Hall–Kier alpha value is -2.93. The Bertz CT molecular complexity index is 1180. The number of phenols is 1. The Morgan fingerprint density at radius 1 is 1.18 bits per heavy atom. The number of aromatic nitrogens is 1. The van der Waals surface area contributed by atoms with Gasteiger partial charge in [0.1, 0.15) is 10.9 Å². The second-order valence-corrected chi connectivity index (χ2v) is 8.60. The van der Waals surface area contributed by atoms with Crippen molar-refractivity contribution in [2.75, 3.05) is 6.61 Å². The lowest BCUT2D eigenvalue weighted by molar-refractivity contribution is -0.244. The molecule has 3 aromatic rings. The largest absolute Gasteiger partial charge is 0.508 e. The van der Waals surface area contributed by atoms with E-state index in [1.54, 1.807) is 12.1 Å². The van der Waals surface area contributed by atoms with E-state index in [1.807, 2.05) is 55.5 Å². The van der Waals surface area contributed by atoms with Crippen molar-refractivity contribution in [3.63, 3.8) is 0 Å². The third-order valence-corrected chi connectivity index (χ3v) is 6.04. The molecule has 1 aliphatic heterocycles. The lowest BCUT2D eigenvalue weighted by atomic mass is 9.91. The predicted octanol–water partition coefficient (Wildman–Crippen LogP) is 6.12. The first-order chi connectivity index (χ1) is 15.9. The molecule has 4 rings (SSSR count). The second kappa shape index (κ2) is 10.3. The van der Waals surface area contributed by atoms with Crippen LogP contribution in [-0.2, 0) is 14.3 Å². The van der Waals surface area contributed by atoms with Gasteiger partial charge in [-0.3, -0.25) is 4.79 Å². The number of aromatic hydroxyl groups is 1. The predicted molar refractivity (Wildman–Crippen MR) is 126 cm³/mol. The van der Waals surface area contributed by atoms with Crippen LogP contribution in [0.3, 0.4) is 0 Å². The van der Waals surface area contributed by atoms with Crippen LogP contribution in [0.5, 0.6) is 5.75 Å². The zero-order chi connectivity index (χ0) is 23.4. The van der Waals surface area contributed by atoms with Gasteiger partial charge in [0.25, 0.3) is 0 Å². The first-order valence-electron chi connectivity index (χ1n) is 10.9. The quantitative estimate of drug-likeness (QED) is 0.321. The van der Waals surface area contributed by atoms with Gasteiger partial charge >= 0.3 is 5.97 Å². The Morgan fingerprint density at radius 2 is 2.00 bits per heavy atom. The minimum Gasteiger partial charge on any atom is -0.508 e. The normalized spacial score (nSPS) is 21.0. The highest BCUT2D eigenvalue weighted by atomic mass is 35.5. The Labute approximate surface area is 197 Å². The molecular weight excluding hydrogens is 442 g/mol. The van der Waals surface area contributed by atoms with Crippen molar-refractivity contribution in [1.29, 1.82) is 0 Å². The van der Waals surface area contributed by atoms with Gasteiger partial charge < -0.3 is 19.7 Å². The summed E-state index contributed by atoms with van der Waals surface area (Å²) >= 11 is 6.50. The smallest absolute Gasteiger partial charge is 0.303 e. The molecule has 6 nitrogen and oxygen atoms in total. The zero-order valence-corrected chi connectivity index (χ0v) is 19.0. The van der Waals surface area contributed by atoms with Crippen LogP contribution in [0.1, 0.15) is 48.3 Å². The average Bonchev–Trinajstić information content (AvgIpc) is 2.79. The number of carboxylic acid groups (broad SMARTS) is 1. The van der Waals surface area contributed by atoms with Gasteiger partial charge in [0.2, 0.25) is 0 Å². The number of halogens is 1. The fourth-order valence-corrected chi connectivity index (χ4v) is 4.28. The maximum absolute atomic E-state index is 10.7. The summed E-state index contributed by atoms with van der Waals surface area (Å²) in [7, 11) is 0. The molecule has 1 aliphatic rings. The van der Waals surface area contributed by atoms with Crippen molar-refractivity contribution in [3.8, 4) is 5.75 Å². The number of aryl methyl sites for hydroxylation is 1. The van der Waals surface area contributed by atoms with Crippen LogP contribution in [0.2, 0.25) is 5.15 Å². The van der Waals surface area contributed by atoms with E-state index >= 15 is 0 Å². The lowest BCUT2D eigenvalue weighted by Gasteiger charge is -2.37.